The topological polar surface area (TPSA) is 41.6 Å². The SMILES string of the molecule is O=C([C@H]1CCCNC1)N1CCOCC1. The summed E-state index contributed by atoms with van der Waals surface area (Å²) < 4.78 is 5.23. The summed E-state index contributed by atoms with van der Waals surface area (Å²) in [5.74, 6) is 0.530. The summed E-state index contributed by atoms with van der Waals surface area (Å²) in [4.78, 5) is 13.9. The molecule has 2 heterocycles. The number of nitrogens with zero attached hydrogens (tertiary/aromatic N) is 1. The first-order chi connectivity index (χ1) is 6.88. The molecule has 2 saturated heterocycles. The quantitative estimate of drug-likeness (QED) is 0.637. The molecule has 1 amide bonds. The average Bonchev–Trinajstić information content (AvgIpc) is 2.30. The fourth-order valence-corrected chi connectivity index (χ4v) is 2.10. The molecule has 14 heavy (non-hydrogen) atoms. The largest absolute Gasteiger partial charge is 0.378 e. The van der Waals surface area contributed by atoms with Gasteiger partial charge in [0.15, 0.2) is 0 Å². The number of rotatable bonds is 1. The monoisotopic (exact) mass is 198 g/mol. The van der Waals surface area contributed by atoms with Crippen molar-refractivity contribution >= 4 is 5.91 Å². The van der Waals surface area contributed by atoms with Crippen LogP contribution in [0.15, 0.2) is 0 Å². The van der Waals surface area contributed by atoms with Crippen molar-refractivity contribution in [1.29, 1.82) is 0 Å². The Bertz CT molecular complexity index is 176. The average molecular weight is 198 g/mol. The number of nitrogens with one attached hydrogen (secondary N) is 1. The highest BCUT2D eigenvalue weighted by molar-refractivity contribution is 5.79. The van der Waals surface area contributed by atoms with E-state index >= 15 is 0 Å². The van der Waals surface area contributed by atoms with E-state index < -0.39 is 0 Å². The van der Waals surface area contributed by atoms with Crippen LogP contribution in [0.4, 0.5) is 0 Å². The van der Waals surface area contributed by atoms with Gasteiger partial charge in [-0.25, -0.2) is 0 Å². The summed E-state index contributed by atoms with van der Waals surface area (Å²) in [5, 5.41) is 3.28. The van der Waals surface area contributed by atoms with Gasteiger partial charge in [0.05, 0.1) is 19.1 Å². The zero-order chi connectivity index (χ0) is 9.80. The Balaban J connectivity index is 1.85. The highest BCUT2D eigenvalue weighted by atomic mass is 16.5. The van der Waals surface area contributed by atoms with Gasteiger partial charge in [-0.3, -0.25) is 4.79 Å². The predicted octanol–water partition coefficient (Wildman–Crippen LogP) is -0.155. The number of hydrogen-bond acceptors (Lipinski definition) is 3. The summed E-state index contributed by atoms with van der Waals surface area (Å²) in [6.45, 7) is 4.87. The lowest BCUT2D eigenvalue weighted by molar-refractivity contribution is -0.140. The third-order valence-corrected chi connectivity index (χ3v) is 2.97. The lowest BCUT2D eigenvalue weighted by Gasteiger charge is -2.32. The van der Waals surface area contributed by atoms with Gasteiger partial charge in [0.25, 0.3) is 0 Å². The number of ether oxygens (including phenoxy) is 1. The van der Waals surface area contributed by atoms with Crippen molar-refractivity contribution < 1.29 is 9.53 Å². The molecule has 4 heteroatoms. The van der Waals surface area contributed by atoms with E-state index in [1.807, 2.05) is 4.90 Å². The molecule has 2 aliphatic rings. The molecule has 0 aliphatic carbocycles. The Kier molecular flexibility index (Phi) is 3.37. The van der Waals surface area contributed by atoms with Crippen molar-refractivity contribution in [2.75, 3.05) is 39.4 Å². The standard InChI is InChI=1S/C10H18N2O2/c13-10(9-2-1-3-11-8-9)12-4-6-14-7-5-12/h9,11H,1-8H2/t9-/m0/s1. The smallest absolute Gasteiger partial charge is 0.227 e. The lowest BCUT2D eigenvalue weighted by Crippen LogP contribution is -2.47. The van der Waals surface area contributed by atoms with E-state index in [0.717, 1.165) is 39.0 Å². The summed E-state index contributed by atoms with van der Waals surface area (Å²) in [6.07, 6.45) is 2.17. The highest BCUT2D eigenvalue weighted by Crippen LogP contribution is 2.14. The summed E-state index contributed by atoms with van der Waals surface area (Å²) in [6, 6.07) is 0. The van der Waals surface area contributed by atoms with Crippen LogP contribution in [-0.4, -0.2) is 50.2 Å². The van der Waals surface area contributed by atoms with Crippen LogP contribution in [0.2, 0.25) is 0 Å². The van der Waals surface area contributed by atoms with Crippen LogP contribution in [0.25, 0.3) is 0 Å². The molecule has 0 saturated carbocycles. The number of amides is 1. The molecular weight excluding hydrogens is 180 g/mol. The van der Waals surface area contributed by atoms with Crippen LogP contribution in [0.3, 0.4) is 0 Å². The van der Waals surface area contributed by atoms with Crippen molar-refractivity contribution in [1.82, 2.24) is 10.2 Å². The number of carbonyl (C=O) groups excluding carboxylic acids is 1. The predicted molar refractivity (Wildman–Crippen MR) is 53.0 cm³/mol. The normalized spacial score (nSPS) is 28.9. The van der Waals surface area contributed by atoms with Gasteiger partial charge in [-0.05, 0) is 19.4 Å². The Morgan fingerprint density at radius 1 is 1.36 bits per heavy atom. The molecule has 1 atom stereocenters. The summed E-state index contributed by atoms with van der Waals surface area (Å²) in [7, 11) is 0. The van der Waals surface area contributed by atoms with E-state index in [9.17, 15) is 4.79 Å². The van der Waals surface area contributed by atoms with Gasteiger partial charge in [0.2, 0.25) is 5.91 Å². The van der Waals surface area contributed by atoms with Gasteiger partial charge in [0, 0.05) is 19.6 Å². The Hall–Kier alpha value is -0.610. The first-order valence-electron chi connectivity index (χ1n) is 5.45. The molecule has 2 fully saturated rings. The maximum absolute atomic E-state index is 12.0. The second kappa shape index (κ2) is 4.75. The molecule has 0 bridgehead atoms. The second-order valence-electron chi connectivity index (χ2n) is 3.98. The molecule has 80 valence electrons. The first-order valence-corrected chi connectivity index (χ1v) is 5.45. The van der Waals surface area contributed by atoms with Crippen LogP contribution in [0, 0.1) is 5.92 Å². The van der Waals surface area contributed by atoms with Gasteiger partial charge in [-0.2, -0.15) is 0 Å². The van der Waals surface area contributed by atoms with Crippen LogP contribution in [-0.2, 0) is 9.53 Å². The Morgan fingerprint density at radius 3 is 2.79 bits per heavy atom. The zero-order valence-corrected chi connectivity index (χ0v) is 8.50. The molecular formula is C10H18N2O2. The van der Waals surface area contributed by atoms with Crippen LogP contribution >= 0.6 is 0 Å². The lowest BCUT2D eigenvalue weighted by atomic mass is 9.98. The minimum Gasteiger partial charge on any atom is -0.378 e. The number of hydrogen-bond donors (Lipinski definition) is 1. The zero-order valence-electron chi connectivity index (χ0n) is 8.50. The first kappa shape index (κ1) is 9.93. The van der Waals surface area contributed by atoms with Crippen molar-refractivity contribution in [3.8, 4) is 0 Å². The second-order valence-corrected chi connectivity index (χ2v) is 3.98. The van der Waals surface area contributed by atoms with E-state index in [1.165, 1.54) is 0 Å². The maximum Gasteiger partial charge on any atom is 0.227 e. The van der Waals surface area contributed by atoms with Crippen LogP contribution in [0.1, 0.15) is 12.8 Å². The molecule has 0 spiro atoms. The van der Waals surface area contributed by atoms with E-state index in [4.69, 9.17) is 4.74 Å². The molecule has 2 rings (SSSR count). The number of morpholine rings is 1. The summed E-state index contributed by atoms with van der Waals surface area (Å²) >= 11 is 0. The van der Waals surface area contributed by atoms with Crippen molar-refractivity contribution in [2.45, 2.75) is 12.8 Å². The fraction of sp³-hybridized carbons (Fsp3) is 0.900. The molecule has 0 aromatic carbocycles. The molecule has 2 aliphatic heterocycles. The van der Waals surface area contributed by atoms with E-state index in [1.54, 1.807) is 0 Å². The van der Waals surface area contributed by atoms with Crippen LogP contribution in [0.5, 0.6) is 0 Å². The molecule has 0 aromatic heterocycles. The molecule has 1 N–H and O–H groups in total. The maximum atomic E-state index is 12.0. The van der Waals surface area contributed by atoms with Gasteiger partial charge in [-0.1, -0.05) is 0 Å². The van der Waals surface area contributed by atoms with Crippen molar-refractivity contribution in [3.63, 3.8) is 0 Å². The Labute approximate surface area is 84.6 Å². The van der Waals surface area contributed by atoms with E-state index in [-0.39, 0.29) is 5.92 Å². The molecule has 0 radical (unpaired) electrons. The highest BCUT2D eigenvalue weighted by Gasteiger charge is 2.26. The molecule has 0 aromatic rings. The third kappa shape index (κ3) is 2.25. The van der Waals surface area contributed by atoms with Gasteiger partial charge in [-0.15, -0.1) is 0 Å². The minimum atomic E-state index is 0.210. The van der Waals surface area contributed by atoms with Gasteiger partial charge >= 0.3 is 0 Å². The summed E-state index contributed by atoms with van der Waals surface area (Å²) in [5.41, 5.74) is 0. The van der Waals surface area contributed by atoms with Crippen molar-refractivity contribution in [3.05, 3.63) is 0 Å². The minimum absolute atomic E-state index is 0.210. The van der Waals surface area contributed by atoms with Crippen molar-refractivity contribution in [2.24, 2.45) is 5.92 Å². The number of piperidine rings is 1. The van der Waals surface area contributed by atoms with Gasteiger partial charge < -0.3 is 15.0 Å². The fourth-order valence-electron chi connectivity index (χ4n) is 2.10. The number of carbonyl (C=O) groups is 1. The van der Waals surface area contributed by atoms with Gasteiger partial charge in [0.1, 0.15) is 0 Å². The third-order valence-electron chi connectivity index (χ3n) is 2.97. The van der Waals surface area contributed by atoms with Crippen LogP contribution < -0.4 is 5.32 Å². The van der Waals surface area contributed by atoms with E-state index in [0.29, 0.717) is 19.1 Å². The van der Waals surface area contributed by atoms with E-state index in [2.05, 4.69) is 5.32 Å². The molecule has 4 nitrogen and oxygen atoms in total. The Morgan fingerprint density at radius 2 is 2.14 bits per heavy atom. The molecule has 0 unspecified atom stereocenters.